The number of anilines is 1. The summed E-state index contributed by atoms with van der Waals surface area (Å²) < 4.78 is 2.05. The number of nitrogens with one attached hydrogen (secondary N) is 1. The van der Waals surface area contributed by atoms with Gasteiger partial charge in [0.15, 0.2) is 0 Å². The molecule has 0 atom stereocenters. The predicted molar refractivity (Wildman–Crippen MR) is 71.4 cm³/mol. The summed E-state index contributed by atoms with van der Waals surface area (Å²) in [6.45, 7) is 3.61. The van der Waals surface area contributed by atoms with E-state index < -0.39 is 0 Å². The molecule has 2 aromatic heterocycles. The molecule has 0 aliphatic rings. The molecule has 1 N–H and O–H groups in total. The lowest BCUT2D eigenvalue weighted by Crippen LogP contribution is -2.08. The Balaban J connectivity index is 1.73. The Morgan fingerprint density at radius 3 is 3.00 bits per heavy atom. The molecule has 6 nitrogen and oxygen atoms in total. The van der Waals surface area contributed by atoms with Gasteiger partial charge >= 0.3 is 0 Å². The minimum Gasteiger partial charge on any atom is -0.354 e. The second-order valence-corrected chi connectivity index (χ2v) is 4.26. The average Bonchev–Trinajstić information content (AvgIpc) is 2.91. The summed E-state index contributed by atoms with van der Waals surface area (Å²) in [5.41, 5.74) is 1.20. The van der Waals surface area contributed by atoms with Crippen molar-refractivity contribution in [1.82, 2.24) is 19.5 Å². The monoisotopic (exact) mass is 256 g/mol. The standard InChI is InChI=1S/C13H16N6/c1-11-8-12(9-14)18-13(17-11)16-4-2-3-6-19-7-5-15-10-19/h5,7-8,10H,2-4,6H2,1H3,(H,16,17,18). The maximum Gasteiger partial charge on any atom is 0.224 e. The molecular weight excluding hydrogens is 240 g/mol. The van der Waals surface area contributed by atoms with Crippen molar-refractivity contribution in [3.63, 3.8) is 0 Å². The van der Waals surface area contributed by atoms with Crippen LogP contribution in [0.25, 0.3) is 0 Å². The molecule has 0 aliphatic carbocycles. The van der Waals surface area contributed by atoms with Crippen LogP contribution < -0.4 is 5.32 Å². The van der Waals surface area contributed by atoms with Gasteiger partial charge in [0.2, 0.25) is 5.95 Å². The van der Waals surface area contributed by atoms with Crippen LogP contribution in [-0.2, 0) is 6.54 Å². The zero-order valence-electron chi connectivity index (χ0n) is 10.9. The second-order valence-electron chi connectivity index (χ2n) is 4.26. The third-order valence-corrected chi connectivity index (χ3v) is 2.65. The highest BCUT2D eigenvalue weighted by molar-refractivity contribution is 5.32. The fourth-order valence-corrected chi connectivity index (χ4v) is 1.74. The molecule has 0 radical (unpaired) electrons. The van der Waals surface area contributed by atoms with Gasteiger partial charge in [-0.25, -0.2) is 15.0 Å². The summed E-state index contributed by atoms with van der Waals surface area (Å²) in [6, 6.07) is 3.70. The molecule has 0 saturated carbocycles. The van der Waals surface area contributed by atoms with E-state index in [1.807, 2.05) is 25.5 Å². The Morgan fingerprint density at radius 1 is 1.37 bits per heavy atom. The lowest BCUT2D eigenvalue weighted by molar-refractivity contribution is 0.620. The normalized spacial score (nSPS) is 10.1. The van der Waals surface area contributed by atoms with Crippen molar-refractivity contribution < 1.29 is 0 Å². The zero-order valence-corrected chi connectivity index (χ0v) is 10.9. The first-order valence-electron chi connectivity index (χ1n) is 6.23. The van der Waals surface area contributed by atoms with Crippen LogP contribution in [0.5, 0.6) is 0 Å². The summed E-state index contributed by atoms with van der Waals surface area (Å²) in [5, 5.41) is 12.0. The topological polar surface area (TPSA) is 79.4 Å². The van der Waals surface area contributed by atoms with Crippen molar-refractivity contribution >= 4 is 5.95 Å². The predicted octanol–water partition coefficient (Wildman–Crippen LogP) is 1.75. The van der Waals surface area contributed by atoms with Crippen molar-refractivity contribution in [3.05, 3.63) is 36.2 Å². The molecule has 0 saturated heterocycles. The van der Waals surface area contributed by atoms with Crippen LogP contribution in [0.3, 0.4) is 0 Å². The molecule has 0 fully saturated rings. The molecule has 2 rings (SSSR count). The molecule has 2 aromatic rings. The summed E-state index contributed by atoms with van der Waals surface area (Å²) >= 11 is 0. The number of hydrogen-bond donors (Lipinski definition) is 1. The van der Waals surface area contributed by atoms with Crippen LogP contribution in [-0.4, -0.2) is 26.1 Å². The number of nitriles is 1. The number of aryl methyl sites for hydroxylation is 2. The number of nitrogens with zero attached hydrogens (tertiary/aromatic N) is 5. The molecule has 0 spiro atoms. The number of rotatable bonds is 6. The van der Waals surface area contributed by atoms with Gasteiger partial charge in [-0.3, -0.25) is 0 Å². The lowest BCUT2D eigenvalue weighted by atomic mass is 10.3. The molecule has 0 unspecified atom stereocenters. The molecule has 0 amide bonds. The van der Waals surface area contributed by atoms with Gasteiger partial charge in [0.05, 0.1) is 6.33 Å². The van der Waals surface area contributed by atoms with Gasteiger partial charge < -0.3 is 9.88 Å². The summed E-state index contributed by atoms with van der Waals surface area (Å²) in [7, 11) is 0. The van der Waals surface area contributed by atoms with Gasteiger partial charge in [-0.15, -0.1) is 0 Å². The summed E-state index contributed by atoms with van der Waals surface area (Å²) in [4.78, 5) is 12.3. The van der Waals surface area contributed by atoms with Crippen molar-refractivity contribution in [2.45, 2.75) is 26.3 Å². The van der Waals surface area contributed by atoms with Crippen LogP contribution in [0, 0.1) is 18.3 Å². The van der Waals surface area contributed by atoms with Crippen LogP contribution in [0.4, 0.5) is 5.95 Å². The van der Waals surface area contributed by atoms with E-state index in [9.17, 15) is 0 Å². The molecule has 2 heterocycles. The maximum atomic E-state index is 8.83. The third kappa shape index (κ3) is 4.07. The Hall–Kier alpha value is -2.42. The first kappa shape index (κ1) is 13.0. The highest BCUT2D eigenvalue weighted by Gasteiger charge is 2.00. The Kier molecular flexibility index (Phi) is 4.45. The highest BCUT2D eigenvalue weighted by atomic mass is 15.1. The van der Waals surface area contributed by atoms with E-state index in [-0.39, 0.29) is 0 Å². The Labute approximate surface area is 112 Å². The summed E-state index contributed by atoms with van der Waals surface area (Å²) in [6.07, 6.45) is 7.62. The van der Waals surface area contributed by atoms with Gasteiger partial charge in [-0.05, 0) is 25.8 Å². The smallest absolute Gasteiger partial charge is 0.224 e. The van der Waals surface area contributed by atoms with Crippen molar-refractivity contribution in [3.8, 4) is 6.07 Å². The van der Waals surface area contributed by atoms with Gasteiger partial charge in [0.25, 0.3) is 0 Å². The van der Waals surface area contributed by atoms with Gasteiger partial charge in [0, 0.05) is 31.2 Å². The van der Waals surface area contributed by atoms with E-state index in [4.69, 9.17) is 5.26 Å². The molecule has 0 aromatic carbocycles. The average molecular weight is 256 g/mol. The third-order valence-electron chi connectivity index (χ3n) is 2.65. The van der Waals surface area contributed by atoms with Crippen molar-refractivity contribution in [2.24, 2.45) is 0 Å². The molecular formula is C13H16N6. The van der Waals surface area contributed by atoms with E-state index in [1.165, 1.54) is 0 Å². The molecule has 0 aliphatic heterocycles. The van der Waals surface area contributed by atoms with Crippen LogP contribution in [0.15, 0.2) is 24.8 Å². The summed E-state index contributed by atoms with van der Waals surface area (Å²) in [5.74, 6) is 0.527. The van der Waals surface area contributed by atoms with Crippen LogP contribution in [0.1, 0.15) is 24.2 Å². The minimum absolute atomic E-state index is 0.397. The fourth-order valence-electron chi connectivity index (χ4n) is 1.74. The van der Waals surface area contributed by atoms with E-state index in [2.05, 4.69) is 24.8 Å². The van der Waals surface area contributed by atoms with Gasteiger partial charge in [0.1, 0.15) is 11.8 Å². The van der Waals surface area contributed by atoms with E-state index >= 15 is 0 Å². The van der Waals surface area contributed by atoms with E-state index in [0.29, 0.717) is 11.6 Å². The Bertz CT molecular complexity index is 555. The number of hydrogen-bond acceptors (Lipinski definition) is 5. The quantitative estimate of drug-likeness (QED) is 0.796. The Morgan fingerprint density at radius 2 is 2.26 bits per heavy atom. The molecule has 98 valence electrons. The molecule has 0 bridgehead atoms. The lowest BCUT2D eigenvalue weighted by Gasteiger charge is -2.06. The van der Waals surface area contributed by atoms with Crippen molar-refractivity contribution in [1.29, 1.82) is 5.26 Å². The van der Waals surface area contributed by atoms with Crippen molar-refractivity contribution in [2.75, 3.05) is 11.9 Å². The van der Waals surface area contributed by atoms with E-state index in [1.54, 1.807) is 12.3 Å². The first-order valence-corrected chi connectivity index (χ1v) is 6.23. The van der Waals surface area contributed by atoms with Gasteiger partial charge in [-0.1, -0.05) is 0 Å². The van der Waals surface area contributed by atoms with Gasteiger partial charge in [-0.2, -0.15) is 5.26 Å². The fraction of sp³-hybridized carbons (Fsp3) is 0.385. The number of imidazole rings is 1. The zero-order chi connectivity index (χ0) is 13.5. The van der Waals surface area contributed by atoms with Crippen LogP contribution in [0.2, 0.25) is 0 Å². The number of aromatic nitrogens is 4. The SMILES string of the molecule is Cc1cc(C#N)nc(NCCCCn2ccnc2)n1. The number of unbranched alkanes of at least 4 members (excludes halogenated alkanes) is 1. The second kappa shape index (κ2) is 6.50. The molecule has 19 heavy (non-hydrogen) atoms. The molecule has 6 heteroatoms. The minimum atomic E-state index is 0.397. The largest absolute Gasteiger partial charge is 0.354 e. The van der Waals surface area contributed by atoms with Crippen LogP contribution >= 0.6 is 0 Å². The first-order chi connectivity index (χ1) is 9.28. The van der Waals surface area contributed by atoms with E-state index in [0.717, 1.165) is 31.6 Å². The maximum absolute atomic E-state index is 8.83. The highest BCUT2D eigenvalue weighted by Crippen LogP contribution is 2.04.